The Morgan fingerprint density at radius 1 is 1.11 bits per heavy atom. The second-order valence-electron chi connectivity index (χ2n) is 7.94. The molecule has 0 radical (unpaired) electrons. The zero-order chi connectivity index (χ0) is 27.0. The molecule has 0 saturated carbocycles. The number of rotatable bonds is 7. The van der Waals surface area contributed by atoms with Gasteiger partial charge in [-0.05, 0) is 42.8 Å². The third-order valence-corrected chi connectivity index (χ3v) is 6.59. The van der Waals surface area contributed by atoms with Gasteiger partial charge < -0.3 is 14.8 Å². The van der Waals surface area contributed by atoms with Crippen LogP contribution in [0.3, 0.4) is 0 Å². The van der Waals surface area contributed by atoms with E-state index in [9.17, 15) is 35.9 Å². The molecular weight excluding hydrogens is 520 g/mol. The largest absolute Gasteiger partial charge is 0.507 e. The topological polar surface area (TPSA) is 134 Å². The van der Waals surface area contributed by atoms with Crippen LogP contribution >= 0.6 is 0 Å². The van der Waals surface area contributed by atoms with E-state index in [1.165, 1.54) is 31.2 Å². The van der Waals surface area contributed by atoms with Gasteiger partial charge in [-0.2, -0.15) is 17.9 Å². The average Bonchev–Trinajstić information content (AvgIpc) is 3.27. The van der Waals surface area contributed by atoms with Crippen molar-refractivity contribution in [2.45, 2.75) is 30.8 Å². The number of alkyl halides is 3. The van der Waals surface area contributed by atoms with Gasteiger partial charge >= 0.3 is 6.18 Å². The van der Waals surface area contributed by atoms with Gasteiger partial charge in [0.1, 0.15) is 17.1 Å². The van der Waals surface area contributed by atoms with Crippen molar-refractivity contribution >= 4 is 26.9 Å². The number of hydrogen-bond acceptors (Lipinski definition) is 7. The molecule has 14 heteroatoms. The van der Waals surface area contributed by atoms with E-state index < -0.39 is 44.8 Å². The predicted molar refractivity (Wildman–Crippen MR) is 122 cm³/mol. The van der Waals surface area contributed by atoms with Crippen molar-refractivity contribution in [3.63, 3.8) is 0 Å². The van der Waals surface area contributed by atoms with Gasteiger partial charge in [0, 0.05) is 23.6 Å². The van der Waals surface area contributed by atoms with Crippen LogP contribution in [0.4, 0.5) is 17.6 Å². The van der Waals surface area contributed by atoms with Crippen LogP contribution in [0.25, 0.3) is 22.2 Å². The third kappa shape index (κ3) is 5.86. The number of hydrogen-bond donors (Lipinski definition) is 3. The van der Waals surface area contributed by atoms with E-state index in [1.54, 1.807) is 0 Å². The van der Waals surface area contributed by atoms with Gasteiger partial charge in [0.2, 0.25) is 11.0 Å². The summed E-state index contributed by atoms with van der Waals surface area (Å²) in [5.41, 5.74) is -0.532. The van der Waals surface area contributed by atoms with E-state index in [4.69, 9.17) is 4.42 Å². The van der Waals surface area contributed by atoms with Crippen LogP contribution in [0.2, 0.25) is 0 Å². The smallest absolute Gasteiger partial charge is 0.434 e. The number of benzene rings is 2. The number of phenolic OH excluding ortho intramolecular Hbond substituents is 1. The van der Waals surface area contributed by atoms with Crippen molar-refractivity contribution in [3.8, 4) is 17.0 Å². The molecule has 9 nitrogen and oxygen atoms in total. The molecule has 1 atom stereocenters. The minimum atomic E-state index is -4.67. The number of furan rings is 1. The number of carbonyl (C=O) groups is 1. The van der Waals surface area contributed by atoms with Crippen LogP contribution in [0.5, 0.6) is 5.75 Å². The maximum Gasteiger partial charge on any atom is 0.434 e. The lowest BCUT2D eigenvalue weighted by atomic mass is 10.1. The molecule has 0 aliphatic heterocycles. The first-order valence-corrected chi connectivity index (χ1v) is 12.0. The number of nitrogens with zero attached hydrogens (tertiary/aromatic N) is 2. The molecule has 2 aromatic heterocycles. The fourth-order valence-corrected chi connectivity index (χ4v) is 4.49. The number of halogens is 4. The Hall–Kier alpha value is -4.04. The Labute approximate surface area is 207 Å². The fourth-order valence-electron chi connectivity index (χ4n) is 3.32. The summed E-state index contributed by atoms with van der Waals surface area (Å²) in [5.74, 6) is -1.54. The number of phenols is 1. The molecule has 0 aliphatic carbocycles. The van der Waals surface area contributed by atoms with Crippen molar-refractivity contribution in [1.82, 2.24) is 20.0 Å². The minimum absolute atomic E-state index is 0.0227. The molecule has 1 amide bonds. The Bertz CT molecular complexity index is 1570. The van der Waals surface area contributed by atoms with Crippen molar-refractivity contribution in [2.75, 3.05) is 0 Å². The number of sulfonamides is 1. The van der Waals surface area contributed by atoms with Crippen molar-refractivity contribution in [2.24, 2.45) is 0 Å². The van der Waals surface area contributed by atoms with Gasteiger partial charge in [0.25, 0.3) is 10.0 Å². The first kappa shape index (κ1) is 26.0. The van der Waals surface area contributed by atoms with Gasteiger partial charge in [-0.15, -0.1) is 0 Å². The van der Waals surface area contributed by atoms with Crippen molar-refractivity contribution in [3.05, 3.63) is 71.9 Å². The first-order valence-electron chi connectivity index (χ1n) is 10.5. The van der Waals surface area contributed by atoms with Crippen LogP contribution in [-0.2, 0) is 27.5 Å². The molecule has 37 heavy (non-hydrogen) atoms. The zero-order valence-corrected chi connectivity index (χ0v) is 19.7. The number of nitrogens with one attached hydrogen (secondary N) is 2. The van der Waals surface area contributed by atoms with Crippen LogP contribution in [0.15, 0.2) is 64.4 Å². The number of aromatic hydroxyl groups is 1. The lowest BCUT2D eigenvalue weighted by molar-refractivity contribution is -0.141. The average molecular weight is 538 g/mol. The Morgan fingerprint density at radius 3 is 2.54 bits per heavy atom. The van der Waals surface area contributed by atoms with Gasteiger partial charge in [-0.25, -0.2) is 17.8 Å². The van der Waals surface area contributed by atoms with Gasteiger partial charge in [0.15, 0.2) is 5.69 Å². The van der Waals surface area contributed by atoms with Gasteiger partial charge in [0.05, 0.1) is 24.1 Å². The highest BCUT2D eigenvalue weighted by atomic mass is 32.2. The summed E-state index contributed by atoms with van der Waals surface area (Å²) >= 11 is 0. The van der Waals surface area contributed by atoms with Crippen LogP contribution in [0.1, 0.15) is 18.2 Å². The summed E-state index contributed by atoms with van der Waals surface area (Å²) < 4.78 is 84.1. The maximum atomic E-state index is 13.4. The third-order valence-electron chi connectivity index (χ3n) is 5.19. The van der Waals surface area contributed by atoms with E-state index in [0.29, 0.717) is 11.8 Å². The van der Waals surface area contributed by atoms with E-state index in [1.807, 2.05) is 0 Å². The molecule has 2 aromatic carbocycles. The van der Waals surface area contributed by atoms with Crippen LogP contribution in [0, 0.1) is 5.82 Å². The lowest BCUT2D eigenvalue weighted by Gasteiger charge is -2.14. The predicted octanol–water partition coefficient (Wildman–Crippen LogP) is 3.74. The summed E-state index contributed by atoms with van der Waals surface area (Å²) in [7, 11) is -4.25. The minimum Gasteiger partial charge on any atom is -0.507 e. The highest BCUT2D eigenvalue weighted by Gasteiger charge is 2.33. The summed E-state index contributed by atoms with van der Waals surface area (Å²) in [6.45, 7) is 1.20. The van der Waals surface area contributed by atoms with Crippen molar-refractivity contribution < 1.29 is 40.3 Å². The maximum absolute atomic E-state index is 13.4. The van der Waals surface area contributed by atoms with Crippen molar-refractivity contribution in [1.29, 1.82) is 0 Å². The molecular formula is C23H18F4N4O5S. The molecule has 4 aromatic rings. The molecule has 0 saturated heterocycles. The highest BCUT2D eigenvalue weighted by molar-refractivity contribution is 7.89. The first-order chi connectivity index (χ1) is 17.3. The van der Waals surface area contributed by atoms with E-state index >= 15 is 0 Å². The standard InChI is InChI=1S/C23H18F4N4O5S/c1-12(31-37(34,35)21-8-14-7-15(24)3-5-19(14)36-21)22(33)30-9-13-2-4-18(32)16(6-13)17-10-29-20(11-28-17)23(25,26)27/h2-8,10-12,31-32H,9H2,1H3,(H,30,33)/t12-/m0/s1. The van der Waals surface area contributed by atoms with E-state index in [2.05, 4.69) is 20.0 Å². The normalized spacial score (nSPS) is 13.0. The summed E-state index contributed by atoms with van der Waals surface area (Å²) in [6, 6.07) is 7.53. The molecule has 0 unspecified atom stereocenters. The van der Waals surface area contributed by atoms with E-state index in [-0.39, 0.29) is 34.5 Å². The summed E-state index contributed by atoms with van der Waals surface area (Å²) in [5, 5.41) is 12.4. The zero-order valence-electron chi connectivity index (χ0n) is 18.9. The number of aromatic nitrogens is 2. The summed E-state index contributed by atoms with van der Waals surface area (Å²) in [4.78, 5) is 19.5. The Morgan fingerprint density at radius 2 is 1.86 bits per heavy atom. The molecule has 2 heterocycles. The molecule has 0 fully saturated rings. The Kier molecular flexibility index (Phi) is 6.88. The fraction of sp³-hybridized carbons (Fsp3) is 0.174. The second kappa shape index (κ2) is 9.78. The summed E-state index contributed by atoms with van der Waals surface area (Å²) in [6.07, 6.45) is -3.26. The van der Waals surface area contributed by atoms with Gasteiger partial charge in [-0.3, -0.25) is 9.78 Å². The highest BCUT2D eigenvalue weighted by Crippen LogP contribution is 2.31. The molecule has 194 valence electrons. The van der Waals surface area contributed by atoms with Crippen LogP contribution < -0.4 is 10.0 Å². The molecule has 0 spiro atoms. The quantitative estimate of drug-likeness (QED) is 0.305. The molecule has 3 N–H and O–H groups in total. The molecule has 0 bridgehead atoms. The number of fused-ring (bicyclic) bond motifs is 1. The van der Waals surface area contributed by atoms with Gasteiger partial charge in [-0.1, -0.05) is 6.07 Å². The Balaban J connectivity index is 1.42. The SMILES string of the molecule is C[C@H](NS(=O)(=O)c1cc2cc(F)ccc2o1)C(=O)NCc1ccc(O)c(-c2cnc(C(F)(F)F)cn2)c1. The second-order valence-corrected chi connectivity index (χ2v) is 9.59. The number of carbonyl (C=O) groups excluding carboxylic acids is 1. The number of amides is 1. The molecule has 4 rings (SSSR count). The molecule has 0 aliphatic rings. The monoisotopic (exact) mass is 538 g/mol. The lowest BCUT2D eigenvalue weighted by Crippen LogP contribution is -2.44. The van der Waals surface area contributed by atoms with Crippen LogP contribution in [-0.4, -0.2) is 35.4 Å². The van der Waals surface area contributed by atoms with E-state index in [0.717, 1.165) is 24.4 Å².